The van der Waals surface area contributed by atoms with Gasteiger partial charge in [-0.2, -0.15) is 0 Å². The lowest BCUT2D eigenvalue weighted by Gasteiger charge is -2.38. The minimum Gasteiger partial charge on any atom is -0.383 e. The van der Waals surface area contributed by atoms with E-state index in [1.807, 2.05) is 47.4 Å². The number of fused-ring (bicyclic) bond motifs is 1. The average molecular weight is 475 g/mol. The van der Waals surface area contributed by atoms with Gasteiger partial charge < -0.3 is 14.5 Å². The van der Waals surface area contributed by atoms with Crippen molar-refractivity contribution in [1.29, 1.82) is 0 Å². The van der Waals surface area contributed by atoms with Crippen LogP contribution >= 0.6 is 11.3 Å². The van der Waals surface area contributed by atoms with Crippen molar-refractivity contribution in [2.75, 3.05) is 33.4 Å². The van der Waals surface area contributed by atoms with E-state index in [9.17, 15) is 9.59 Å². The molecule has 34 heavy (non-hydrogen) atoms. The van der Waals surface area contributed by atoms with Gasteiger partial charge in [0, 0.05) is 31.2 Å². The van der Waals surface area contributed by atoms with E-state index in [4.69, 9.17) is 4.74 Å². The van der Waals surface area contributed by atoms with Crippen molar-refractivity contribution in [2.45, 2.75) is 19.4 Å². The van der Waals surface area contributed by atoms with Gasteiger partial charge >= 0.3 is 0 Å². The van der Waals surface area contributed by atoms with Crippen molar-refractivity contribution >= 4 is 29.2 Å². The Hall–Kier alpha value is -3.22. The SMILES string of the molecule is COCCN(CC(=O)N1CCc2sccc2C1c1ccccc1C)C(=O)C=Cc1ccccc1. The van der Waals surface area contributed by atoms with Crippen LogP contribution in [0.25, 0.3) is 6.08 Å². The van der Waals surface area contributed by atoms with Crippen molar-refractivity contribution in [2.24, 2.45) is 0 Å². The molecule has 0 saturated carbocycles. The Labute approximate surface area is 205 Å². The van der Waals surface area contributed by atoms with Crippen molar-refractivity contribution in [3.63, 3.8) is 0 Å². The quantitative estimate of drug-likeness (QED) is 0.444. The number of nitrogens with zero attached hydrogens (tertiary/aromatic N) is 2. The molecule has 176 valence electrons. The molecular weight excluding hydrogens is 444 g/mol. The first-order valence-electron chi connectivity index (χ1n) is 11.5. The van der Waals surface area contributed by atoms with Crippen LogP contribution in [0.15, 0.2) is 72.1 Å². The molecular formula is C28H30N2O3S. The first-order chi connectivity index (χ1) is 16.6. The number of methoxy groups -OCH3 is 1. The van der Waals surface area contributed by atoms with E-state index in [0.29, 0.717) is 19.7 Å². The summed E-state index contributed by atoms with van der Waals surface area (Å²) in [5.74, 6) is -0.252. The third-order valence-corrected chi connectivity index (χ3v) is 7.19. The van der Waals surface area contributed by atoms with Crippen LogP contribution in [0, 0.1) is 6.92 Å². The zero-order valence-electron chi connectivity index (χ0n) is 19.6. The normalized spacial score (nSPS) is 15.4. The maximum atomic E-state index is 13.6. The summed E-state index contributed by atoms with van der Waals surface area (Å²) >= 11 is 1.75. The number of hydrogen-bond donors (Lipinski definition) is 0. The summed E-state index contributed by atoms with van der Waals surface area (Å²) in [6.45, 7) is 3.46. The van der Waals surface area contributed by atoms with Crippen LogP contribution in [0.1, 0.15) is 33.2 Å². The predicted octanol–water partition coefficient (Wildman–Crippen LogP) is 4.72. The summed E-state index contributed by atoms with van der Waals surface area (Å²) in [6.07, 6.45) is 4.15. The molecule has 1 unspecified atom stereocenters. The van der Waals surface area contributed by atoms with Gasteiger partial charge in [0.1, 0.15) is 6.54 Å². The summed E-state index contributed by atoms with van der Waals surface area (Å²) in [6, 6.07) is 19.9. The number of amides is 2. The first kappa shape index (κ1) is 23.9. The number of thiophene rings is 1. The van der Waals surface area contributed by atoms with Crippen LogP contribution in [0.2, 0.25) is 0 Å². The zero-order valence-corrected chi connectivity index (χ0v) is 20.5. The molecule has 4 rings (SSSR count). The number of carbonyl (C=O) groups is 2. The molecule has 0 N–H and O–H groups in total. The van der Waals surface area contributed by atoms with Crippen molar-refractivity contribution in [3.05, 3.63) is 99.3 Å². The smallest absolute Gasteiger partial charge is 0.247 e. The number of rotatable bonds is 8. The third kappa shape index (κ3) is 5.46. The molecule has 0 bridgehead atoms. The number of aryl methyl sites for hydroxylation is 1. The minimum absolute atomic E-state index is 0.0170. The van der Waals surface area contributed by atoms with E-state index in [2.05, 4.69) is 30.5 Å². The fourth-order valence-electron chi connectivity index (χ4n) is 4.37. The van der Waals surface area contributed by atoms with Gasteiger partial charge in [-0.25, -0.2) is 0 Å². The molecule has 3 aromatic rings. The molecule has 0 fully saturated rings. The Bertz CT molecular complexity index is 1160. The monoisotopic (exact) mass is 474 g/mol. The predicted molar refractivity (Wildman–Crippen MR) is 137 cm³/mol. The Kier molecular flexibility index (Phi) is 7.93. The van der Waals surface area contributed by atoms with Crippen molar-refractivity contribution in [1.82, 2.24) is 9.80 Å². The lowest BCUT2D eigenvalue weighted by molar-refractivity contribution is -0.140. The molecule has 2 amide bonds. The standard InChI is InChI=1S/C28H30N2O3S/c1-21-8-6-7-11-23(21)28-24-15-19-34-25(24)14-16-30(28)27(32)20-29(17-18-33-2)26(31)13-12-22-9-4-3-5-10-22/h3-13,15,19,28H,14,16-18,20H2,1-2H3. The Morgan fingerprint density at radius 2 is 1.85 bits per heavy atom. The molecule has 6 heteroatoms. The molecule has 1 aromatic heterocycles. The summed E-state index contributed by atoms with van der Waals surface area (Å²) < 4.78 is 5.21. The largest absolute Gasteiger partial charge is 0.383 e. The summed E-state index contributed by atoms with van der Waals surface area (Å²) in [5, 5.41) is 2.10. The number of hydrogen-bond acceptors (Lipinski definition) is 4. The second-order valence-corrected chi connectivity index (χ2v) is 9.39. The van der Waals surface area contributed by atoms with Crippen molar-refractivity contribution in [3.8, 4) is 0 Å². The average Bonchev–Trinajstić information content (AvgIpc) is 3.34. The van der Waals surface area contributed by atoms with E-state index in [0.717, 1.165) is 23.1 Å². The van der Waals surface area contributed by atoms with Crippen LogP contribution < -0.4 is 0 Å². The van der Waals surface area contributed by atoms with Gasteiger partial charge in [-0.3, -0.25) is 9.59 Å². The van der Waals surface area contributed by atoms with Gasteiger partial charge in [0.05, 0.1) is 12.6 Å². The van der Waals surface area contributed by atoms with Crippen LogP contribution in [0.5, 0.6) is 0 Å². The number of ether oxygens (including phenoxy) is 1. The van der Waals surface area contributed by atoms with Gasteiger partial charge in [0.2, 0.25) is 11.8 Å². The van der Waals surface area contributed by atoms with Crippen LogP contribution in [0.3, 0.4) is 0 Å². The van der Waals surface area contributed by atoms with E-state index in [1.165, 1.54) is 16.5 Å². The molecule has 1 aliphatic rings. The molecule has 2 heterocycles. The second kappa shape index (κ2) is 11.3. The maximum absolute atomic E-state index is 13.6. The highest BCUT2D eigenvalue weighted by molar-refractivity contribution is 7.10. The van der Waals surface area contributed by atoms with Crippen LogP contribution in [-0.4, -0.2) is 55.0 Å². The van der Waals surface area contributed by atoms with Gasteiger partial charge in [-0.15, -0.1) is 11.3 Å². The number of carbonyl (C=O) groups excluding carboxylic acids is 2. The fourth-order valence-corrected chi connectivity index (χ4v) is 5.28. The van der Waals surface area contributed by atoms with E-state index < -0.39 is 0 Å². The fraction of sp³-hybridized carbons (Fsp3) is 0.286. The first-order valence-corrected chi connectivity index (χ1v) is 12.4. The Morgan fingerprint density at radius 1 is 1.09 bits per heavy atom. The van der Waals surface area contributed by atoms with Crippen molar-refractivity contribution < 1.29 is 14.3 Å². The van der Waals surface area contributed by atoms with Gasteiger partial charge in [0.15, 0.2) is 0 Å². The highest BCUT2D eigenvalue weighted by atomic mass is 32.1. The molecule has 1 atom stereocenters. The zero-order chi connectivity index (χ0) is 23.9. The minimum atomic E-state index is -0.199. The summed E-state index contributed by atoms with van der Waals surface area (Å²) in [7, 11) is 1.60. The molecule has 2 aromatic carbocycles. The molecule has 0 radical (unpaired) electrons. The highest BCUT2D eigenvalue weighted by Gasteiger charge is 2.34. The van der Waals surface area contributed by atoms with Crippen LogP contribution in [-0.2, 0) is 20.7 Å². The van der Waals surface area contributed by atoms with Crippen LogP contribution in [0.4, 0.5) is 0 Å². The maximum Gasteiger partial charge on any atom is 0.247 e. The summed E-state index contributed by atoms with van der Waals surface area (Å²) in [5.41, 5.74) is 4.42. The molecule has 0 saturated heterocycles. The molecule has 0 spiro atoms. The third-order valence-electron chi connectivity index (χ3n) is 6.19. The van der Waals surface area contributed by atoms with E-state index in [-0.39, 0.29) is 24.4 Å². The molecule has 0 aliphatic carbocycles. The van der Waals surface area contributed by atoms with Gasteiger partial charge in [-0.1, -0.05) is 54.6 Å². The van der Waals surface area contributed by atoms with E-state index in [1.54, 1.807) is 29.4 Å². The Balaban J connectivity index is 1.57. The number of benzene rings is 2. The second-order valence-electron chi connectivity index (χ2n) is 8.39. The highest BCUT2D eigenvalue weighted by Crippen LogP contribution is 2.39. The van der Waals surface area contributed by atoms with E-state index >= 15 is 0 Å². The van der Waals surface area contributed by atoms with Gasteiger partial charge in [0.25, 0.3) is 0 Å². The summed E-state index contributed by atoms with van der Waals surface area (Å²) in [4.78, 5) is 31.5. The lowest BCUT2D eigenvalue weighted by atomic mass is 9.90. The lowest BCUT2D eigenvalue weighted by Crippen LogP contribution is -2.47. The molecule has 5 nitrogen and oxygen atoms in total. The van der Waals surface area contributed by atoms with Gasteiger partial charge in [-0.05, 0) is 53.1 Å². The Morgan fingerprint density at radius 3 is 2.62 bits per heavy atom. The topological polar surface area (TPSA) is 49.9 Å². The molecule has 1 aliphatic heterocycles.